The van der Waals surface area contributed by atoms with Gasteiger partial charge in [0, 0.05) is 24.7 Å². The Balaban J connectivity index is 2.03. The molecule has 0 aliphatic carbocycles. The molecule has 0 bridgehead atoms. The van der Waals surface area contributed by atoms with E-state index in [1.54, 1.807) is 0 Å². The van der Waals surface area contributed by atoms with Gasteiger partial charge in [-0.1, -0.05) is 43.6 Å². The van der Waals surface area contributed by atoms with Crippen molar-refractivity contribution in [3.63, 3.8) is 0 Å². The van der Waals surface area contributed by atoms with Crippen LogP contribution in [-0.4, -0.2) is 29.2 Å². The molecule has 0 radical (unpaired) electrons. The zero-order valence-corrected chi connectivity index (χ0v) is 11.9. The van der Waals surface area contributed by atoms with Gasteiger partial charge in [-0.15, -0.1) is 0 Å². The van der Waals surface area contributed by atoms with Crippen LogP contribution in [0.4, 0.5) is 0 Å². The molecule has 2 unspecified atom stereocenters. The predicted molar refractivity (Wildman–Crippen MR) is 75.7 cm³/mol. The molecular weight excluding hydrogens is 246 g/mol. The van der Waals surface area contributed by atoms with Crippen LogP contribution in [0, 0.1) is 11.8 Å². The summed E-state index contributed by atoms with van der Waals surface area (Å²) in [6.07, 6.45) is 0.727. The zero-order chi connectivity index (χ0) is 13.1. The van der Waals surface area contributed by atoms with Crippen molar-refractivity contribution in [1.82, 2.24) is 4.90 Å². The Kier molecular flexibility index (Phi) is 4.66. The van der Waals surface area contributed by atoms with Gasteiger partial charge in [-0.25, -0.2) is 0 Å². The van der Waals surface area contributed by atoms with Crippen LogP contribution in [0.5, 0.6) is 0 Å². The summed E-state index contributed by atoms with van der Waals surface area (Å²) in [5, 5.41) is 10.8. The quantitative estimate of drug-likeness (QED) is 0.909. The fourth-order valence-electron chi connectivity index (χ4n) is 2.68. The Labute approximate surface area is 115 Å². The highest BCUT2D eigenvalue weighted by Crippen LogP contribution is 2.26. The lowest BCUT2D eigenvalue weighted by atomic mass is 9.86. The molecule has 1 aromatic carbocycles. The second-order valence-corrected chi connectivity index (χ2v) is 6.09. The van der Waals surface area contributed by atoms with Gasteiger partial charge in [0.25, 0.3) is 0 Å². The average Bonchev–Trinajstić information content (AvgIpc) is 2.31. The number of aliphatic hydroxyl groups is 1. The number of halogens is 1. The maximum absolute atomic E-state index is 9.97. The summed E-state index contributed by atoms with van der Waals surface area (Å²) < 4.78 is 0. The number of aliphatic hydroxyl groups excluding tert-OH is 1. The van der Waals surface area contributed by atoms with Crippen LogP contribution in [0.3, 0.4) is 0 Å². The van der Waals surface area contributed by atoms with Gasteiger partial charge < -0.3 is 5.11 Å². The molecule has 1 fully saturated rings. The normalized spacial score (nSPS) is 25.6. The number of β-amino-alcohol motifs (C(OH)–C–C–N with tert-alkyl or cyclic N) is 1. The van der Waals surface area contributed by atoms with Crippen molar-refractivity contribution in [2.24, 2.45) is 11.8 Å². The van der Waals surface area contributed by atoms with Crippen LogP contribution < -0.4 is 0 Å². The number of likely N-dealkylation sites (tertiary alicyclic amines) is 1. The number of piperidine rings is 1. The van der Waals surface area contributed by atoms with E-state index in [-0.39, 0.29) is 6.10 Å². The van der Waals surface area contributed by atoms with Crippen LogP contribution in [-0.2, 0) is 6.54 Å². The Morgan fingerprint density at radius 1 is 1.33 bits per heavy atom. The molecule has 0 spiro atoms. The lowest BCUT2D eigenvalue weighted by Crippen LogP contribution is -2.44. The minimum atomic E-state index is -0.200. The maximum atomic E-state index is 9.97. The van der Waals surface area contributed by atoms with Gasteiger partial charge in [0.2, 0.25) is 0 Å². The predicted octanol–water partition coefficient (Wildman–Crippen LogP) is 3.18. The van der Waals surface area contributed by atoms with Gasteiger partial charge in [-0.3, -0.25) is 4.90 Å². The third kappa shape index (κ3) is 3.47. The molecule has 2 atom stereocenters. The molecule has 100 valence electrons. The Morgan fingerprint density at radius 3 is 2.72 bits per heavy atom. The molecule has 0 aromatic heterocycles. The number of hydrogen-bond donors (Lipinski definition) is 1. The Morgan fingerprint density at radius 2 is 2.06 bits per heavy atom. The fourth-order valence-corrected chi connectivity index (χ4v) is 2.88. The molecule has 2 rings (SSSR count). The first kappa shape index (κ1) is 13.9. The van der Waals surface area contributed by atoms with Gasteiger partial charge in [0.05, 0.1) is 6.10 Å². The number of rotatable bonds is 3. The maximum Gasteiger partial charge on any atom is 0.0670 e. The molecule has 1 N–H and O–H groups in total. The van der Waals surface area contributed by atoms with E-state index in [0.717, 1.165) is 36.6 Å². The van der Waals surface area contributed by atoms with Gasteiger partial charge >= 0.3 is 0 Å². The summed E-state index contributed by atoms with van der Waals surface area (Å²) in [4.78, 5) is 2.32. The number of benzene rings is 1. The van der Waals surface area contributed by atoms with E-state index in [2.05, 4.69) is 24.8 Å². The molecule has 1 heterocycles. The van der Waals surface area contributed by atoms with Gasteiger partial charge in [0.15, 0.2) is 0 Å². The van der Waals surface area contributed by atoms with E-state index in [9.17, 15) is 5.11 Å². The van der Waals surface area contributed by atoms with Crippen molar-refractivity contribution < 1.29 is 5.11 Å². The lowest BCUT2D eigenvalue weighted by molar-refractivity contribution is 0.0224. The number of hydrogen-bond acceptors (Lipinski definition) is 2. The van der Waals surface area contributed by atoms with Crippen LogP contribution in [0.1, 0.15) is 25.8 Å². The van der Waals surface area contributed by atoms with E-state index in [1.807, 2.05) is 18.2 Å². The van der Waals surface area contributed by atoms with E-state index < -0.39 is 0 Å². The summed E-state index contributed by atoms with van der Waals surface area (Å²) in [6, 6.07) is 7.96. The van der Waals surface area contributed by atoms with Crippen LogP contribution >= 0.6 is 11.6 Å². The minimum absolute atomic E-state index is 0.200. The van der Waals surface area contributed by atoms with Crippen molar-refractivity contribution >= 4 is 11.6 Å². The molecule has 3 heteroatoms. The van der Waals surface area contributed by atoms with Crippen LogP contribution in [0.2, 0.25) is 5.02 Å². The standard InChI is InChI=1S/C15H22ClNO/c1-11(2)13-7-14(18)10-17(9-13)8-12-5-3-4-6-15(12)16/h3-6,11,13-14,18H,7-10H2,1-2H3. The first-order chi connectivity index (χ1) is 8.56. The smallest absolute Gasteiger partial charge is 0.0670 e. The van der Waals surface area contributed by atoms with Crippen molar-refractivity contribution in [3.05, 3.63) is 34.9 Å². The van der Waals surface area contributed by atoms with Crippen molar-refractivity contribution in [1.29, 1.82) is 0 Å². The van der Waals surface area contributed by atoms with Crippen LogP contribution in [0.25, 0.3) is 0 Å². The highest BCUT2D eigenvalue weighted by atomic mass is 35.5. The second kappa shape index (κ2) is 6.05. The monoisotopic (exact) mass is 267 g/mol. The van der Waals surface area contributed by atoms with E-state index >= 15 is 0 Å². The van der Waals surface area contributed by atoms with Crippen molar-refractivity contribution in [2.45, 2.75) is 32.9 Å². The summed E-state index contributed by atoms with van der Waals surface area (Å²) in [6.45, 7) is 7.11. The molecule has 1 saturated heterocycles. The molecule has 1 aliphatic heterocycles. The highest BCUT2D eigenvalue weighted by molar-refractivity contribution is 6.31. The van der Waals surface area contributed by atoms with Crippen molar-refractivity contribution in [2.75, 3.05) is 13.1 Å². The fraction of sp³-hybridized carbons (Fsp3) is 0.600. The second-order valence-electron chi connectivity index (χ2n) is 5.68. The van der Waals surface area contributed by atoms with Crippen molar-refractivity contribution in [3.8, 4) is 0 Å². The van der Waals surface area contributed by atoms with Gasteiger partial charge in [-0.05, 0) is 29.9 Å². The molecule has 0 saturated carbocycles. The zero-order valence-electron chi connectivity index (χ0n) is 11.1. The van der Waals surface area contributed by atoms with Gasteiger partial charge in [-0.2, -0.15) is 0 Å². The summed E-state index contributed by atoms with van der Waals surface area (Å²) in [5.74, 6) is 1.20. The first-order valence-corrected chi connectivity index (χ1v) is 7.08. The summed E-state index contributed by atoms with van der Waals surface area (Å²) in [5.41, 5.74) is 1.15. The van der Waals surface area contributed by atoms with E-state index in [1.165, 1.54) is 0 Å². The summed E-state index contributed by atoms with van der Waals surface area (Å²) >= 11 is 6.19. The molecule has 18 heavy (non-hydrogen) atoms. The largest absolute Gasteiger partial charge is 0.392 e. The first-order valence-electron chi connectivity index (χ1n) is 6.70. The topological polar surface area (TPSA) is 23.5 Å². The Bertz CT molecular complexity index is 394. The van der Waals surface area contributed by atoms with E-state index in [4.69, 9.17) is 11.6 Å². The van der Waals surface area contributed by atoms with E-state index in [0.29, 0.717) is 11.8 Å². The molecule has 1 aromatic rings. The molecule has 1 aliphatic rings. The molecule has 2 nitrogen and oxygen atoms in total. The minimum Gasteiger partial charge on any atom is -0.392 e. The Hall–Kier alpha value is -0.570. The molecular formula is C15H22ClNO. The lowest BCUT2D eigenvalue weighted by Gasteiger charge is -2.37. The van der Waals surface area contributed by atoms with Crippen LogP contribution in [0.15, 0.2) is 24.3 Å². The third-order valence-corrected chi connectivity index (χ3v) is 4.20. The third-order valence-electron chi connectivity index (χ3n) is 3.83. The molecule has 0 amide bonds. The number of nitrogens with zero attached hydrogens (tertiary/aromatic N) is 1. The van der Waals surface area contributed by atoms with Gasteiger partial charge in [0.1, 0.15) is 0 Å². The highest BCUT2D eigenvalue weighted by Gasteiger charge is 2.27. The summed E-state index contributed by atoms with van der Waals surface area (Å²) in [7, 11) is 0. The average molecular weight is 268 g/mol. The SMILES string of the molecule is CC(C)C1CC(O)CN(Cc2ccccc2Cl)C1.